The molecule has 0 heterocycles. The summed E-state index contributed by atoms with van der Waals surface area (Å²) in [6.45, 7) is 6.06. The van der Waals surface area contributed by atoms with E-state index in [1.165, 1.54) is 0 Å². The predicted octanol–water partition coefficient (Wildman–Crippen LogP) is 4.04. The van der Waals surface area contributed by atoms with Crippen LogP contribution in [0.25, 0.3) is 0 Å². The summed E-state index contributed by atoms with van der Waals surface area (Å²) in [6.07, 6.45) is 1.68. The van der Waals surface area contributed by atoms with Gasteiger partial charge in [-0.3, -0.25) is 4.79 Å². The lowest BCUT2D eigenvalue weighted by Gasteiger charge is -2.15. The third-order valence-corrected chi connectivity index (χ3v) is 4.27. The number of esters is 1. The lowest BCUT2D eigenvalue weighted by molar-refractivity contribution is -0.125. The van der Waals surface area contributed by atoms with Crippen LogP contribution in [0.4, 0.5) is 0 Å². The molecule has 0 fully saturated rings. The van der Waals surface area contributed by atoms with Gasteiger partial charge in [0.05, 0.1) is 0 Å². The smallest absolute Gasteiger partial charge is 0.342 e. The summed E-state index contributed by atoms with van der Waals surface area (Å²) in [5.41, 5.74) is 2.47. The van der Waals surface area contributed by atoms with Crippen molar-refractivity contribution in [3.63, 3.8) is 0 Å². The zero-order valence-corrected chi connectivity index (χ0v) is 16.2. The number of nitrogens with one attached hydrogen (secondary N) is 1. The van der Waals surface area contributed by atoms with E-state index in [4.69, 9.17) is 9.47 Å². The molecule has 0 unspecified atom stereocenters. The second-order valence-corrected chi connectivity index (χ2v) is 6.43. The van der Waals surface area contributed by atoms with Gasteiger partial charge in [-0.2, -0.15) is 0 Å². The summed E-state index contributed by atoms with van der Waals surface area (Å²) < 4.78 is 11.0. The Bertz CT molecular complexity index is 768. The molecular weight excluding hydrogens is 342 g/mol. The van der Waals surface area contributed by atoms with Gasteiger partial charge in [-0.1, -0.05) is 55.8 Å². The molecule has 2 aromatic carbocycles. The van der Waals surface area contributed by atoms with Crippen LogP contribution in [0.15, 0.2) is 48.5 Å². The first kappa shape index (κ1) is 20.5. The molecule has 0 aliphatic rings. The largest absolute Gasteiger partial charge is 0.488 e. The van der Waals surface area contributed by atoms with Crippen LogP contribution in [-0.4, -0.2) is 24.5 Å². The van der Waals surface area contributed by atoms with Crippen molar-refractivity contribution in [2.24, 2.45) is 0 Å². The molecule has 0 saturated heterocycles. The van der Waals surface area contributed by atoms with E-state index in [0.29, 0.717) is 17.9 Å². The molecule has 1 N–H and O–H groups in total. The molecule has 0 aromatic heterocycles. The van der Waals surface area contributed by atoms with E-state index >= 15 is 0 Å². The van der Waals surface area contributed by atoms with Crippen LogP contribution >= 0.6 is 0 Å². The van der Waals surface area contributed by atoms with Crippen LogP contribution in [0.5, 0.6) is 5.75 Å². The first-order valence-corrected chi connectivity index (χ1v) is 9.27. The van der Waals surface area contributed by atoms with E-state index in [-0.39, 0.29) is 18.6 Å². The minimum Gasteiger partial charge on any atom is -0.488 e. The topological polar surface area (TPSA) is 64.6 Å². The monoisotopic (exact) mass is 369 g/mol. The van der Waals surface area contributed by atoms with Crippen molar-refractivity contribution >= 4 is 11.9 Å². The fourth-order valence-corrected chi connectivity index (χ4v) is 2.70. The van der Waals surface area contributed by atoms with Crippen LogP contribution < -0.4 is 10.1 Å². The molecule has 0 spiro atoms. The number of amides is 1. The van der Waals surface area contributed by atoms with Gasteiger partial charge in [0.15, 0.2) is 6.61 Å². The van der Waals surface area contributed by atoms with Gasteiger partial charge in [-0.15, -0.1) is 0 Å². The maximum absolute atomic E-state index is 12.4. The molecule has 0 aliphatic heterocycles. The summed E-state index contributed by atoms with van der Waals surface area (Å²) in [5.74, 6) is -0.436. The van der Waals surface area contributed by atoms with Gasteiger partial charge >= 0.3 is 5.97 Å². The molecular formula is C22H27NO4. The number of carbonyl (C=O) groups is 2. The third kappa shape index (κ3) is 6.44. The van der Waals surface area contributed by atoms with Crippen molar-refractivity contribution in [3.8, 4) is 5.75 Å². The summed E-state index contributed by atoms with van der Waals surface area (Å²) in [4.78, 5) is 24.3. The lowest BCUT2D eigenvalue weighted by atomic mass is 10.1. The summed E-state index contributed by atoms with van der Waals surface area (Å²) >= 11 is 0. The number of ether oxygens (including phenoxy) is 2. The van der Waals surface area contributed by atoms with Crippen LogP contribution in [0.1, 0.15) is 48.2 Å². The van der Waals surface area contributed by atoms with Crippen molar-refractivity contribution < 1.29 is 19.1 Å². The Hall–Kier alpha value is -2.82. The number of carbonyl (C=O) groups excluding carboxylic acids is 2. The van der Waals surface area contributed by atoms with Gasteiger partial charge in [0.25, 0.3) is 5.91 Å². The average Bonchev–Trinajstić information content (AvgIpc) is 2.69. The van der Waals surface area contributed by atoms with Crippen LogP contribution in [0.3, 0.4) is 0 Å². The maximum Gasteiger partial charge on any atom is 0.342 e. The first-order valence-electron chi connectivity index (χ1n) is 9.27. The Balaban J connectivity index is 1.95. The lowest BCUT2D eigenvalue weighted by Crippen LogP contribution is -2.36. The average molecular weight is 369 g/mol. The Morgan fingerprint density at radius 1 is 1.04 bits per heavy atom. The van der Waals surface area contributed by atoms with E-state index in [2.05, 4.69) is 5.32 Å². The summed E-state index contributed by atoms with van der Waals surface area (Å²) in [5, 5.41) is 2.84. The number of para-hydroxylation sites is 1. The van der Waals surface area contributed by atoms with Gasteiger partial charge in [0.1, 0.15) is 17.9 Å². The third-order valence-electron chi connectivity index (χ3n) is 4.27. The summed E-state index contributed by atoms with van der Waals surface area (Å²) in [6, 6.07) is 15.0. The molecule has 0 bridgehead atoms. The van der Waals surface area contributed by atoms with Gasteiger partial charge < -0.3 is 14.8 Å². The Kier molecular flexibility index (Phi) is 7.86. The second kappa shape index (κ2) is 10.4. The molecule has 27 heavy (non-hydrogen) atoms. The molecule has 0 radical (unpaired) electrons. The van der Waals surface area contributed by atoms with E-state index < -0.39 is 5.97 Å². The highest BCUT2D eigenvalue weighted by molar-refractivity contribution is 5.94. The van der Waals surface area contributed by atoms with Crippen molar-refractivity contribution in [1.82, 2.24) is 5.32 Å². The van der Waals surface area contributed by atoms with E-state index in [1.54, 1.807) is 24.3 Å². The first-order chi connectivity index (χ1) is 13.0. The normalized spacial score (nSPS) is 10.5. The Labute approximate surface area is 160 Å². The molecule has 2 rings (SSSR count). The zero-order chi connectivity index (χ0) is 19.6. The van der Waals surface area contributed by atoms with E-state index in [0.717, 1.165) is 24.0 Å². The van der Waals surface area contributed by atoms with Crippen LogP contribution in [0.2, 0.25) is 0 Å². The molecule has 0 atom stereocenters. The molecule has 5 heteroatoms. The SMILES string of the molecule is CCC(CC)NC(=O)COC(=O)c1ccccc1OCc1cccc(C)c1. The molecule has 5 nitrogen and oxygen atoms in total. The number of rotatable bonds is 9. The Morgan fingerprint density at radius 2 is 1.78 bits per heavy atom. The zero-order valence-electron chi connectivity index (χ0n) is 16.2. The highest BCUT2D eigenvalue weighted by atomic mass is 16.5. The number of benzene rings is 2. The molecule has 0 aliphatic carbocycles. The fraction of sp³-hybridized carbons (Fsp3) is 0.364. The highest BCUT2D eigenvalue weighted by Crippen LogP contribution is 2.20. The van der Waals surface area contributed by atoms with Gasteiger partial charge in [-0.25, -0.2) is 4.79 Å². The number of aryl methyl sites for hydroxylation is 1. The quantitative estimate of drug-likeness (QED) is 0.678. The van der Waals surface area contributed by atoms with E-state index in [1.807, 2.05) is 45.0 Å². The minimum atomic E-state index is -0.575. The maximum atomic E-state index is 12.4. The summed E-state index contributed by atoms with van der Waals surface area (Å²) in [7, 11) is 0. The van der Waals surface area contributed by atoms with Gasteiger partial charge in [-0.05, 0) is 37.5 Å². The molecule has 144 valence electrons. The van der Waals surface area contributed by atoms with E-state index in [9.17, 15) is 9.59 Å². The van der Waals surface area contributed by atoms with Crippen molar-refractivity contribution in [2.45, 2.75) is 46.3 Å². The van der Waals surface area contributed by atoms with Crippen molar-refractivity contribution in [2.75, 3.05) is 6.61 Å². The van der Waals surface area contributed by atoms with Gasteiger partial charge in [0, 0.05) is 6.04 Å². The van der Waals surface area contributed by atoms with Crippen LogP contribution in [0, 0.1) is 6.92 Å². The van der Waals surface area contributed by atoms with Gasteiger partial charge in [0.2, 0.25) is 0 Å². The molecule has 0 saturated carbocycles. The van der Waals surface area contributed by atoms with Crippen molar-refractivity contribution in [1.29, 1.82) is 0 Å². The van der Waals surface area contributed by atoms with Crippen LogP contribution in [-0.2, 0) is 16.1 Å². The number of hydrogen-bond acceptors (Lipinski definition) is 4. The predicted molar refractivity (Wildman–Crippen MR) is 105 cm³/mol. The second-order valence-electron chi connectivity index (χ2n) is 6.43. The standard InChI is InChI=1S/C22H27NO4/c1-4-18(5-2)23-21(24)15-27-22(25)19-11-6-7-12-20(19)26-14-17-10-8-9-16(3)13-17/h6-13,18H,4-5,14-15H2,1-3H3,(H,23,24). The van der Waals surface area contributed by atoms with Crippen molar-refractivity contribution in [3.05, 3.63) is 65.2 Å². The Morgan fingerprint density at radius 3 is 2.48 bits per heavy atom. The molecule has 2 aromatic rings. The fourth-order valence-electron chi connectivity index (χ4n) is 2.70. The molecule has 1 amide bonds. The highest BCUT2D eigenvalue weighted by Gasteiger charge is 2.16. The number of hydrogen-bond donors (Lipinski definition) is 1. The minimum absolute atomic E-state index is 0.0983.